The smallest absolute Gasteiger partial charge is 0.306 e. The van der Waals surface area contributed by atoms with Crippen molar-refractivity contribution < 1.29 is 19.5 Å². The molecule has 0 aromatic heterocycles. The first-order chi connectivity index (χ1) is 10.1. The molecule has 6 nitrogen and oxygen atoms in total. The zero-order chi connectivity index (χ0) is 15.5. The van der Waals surface area contributed by atoms with Gasteiger partial charge in [0.05, 0.1) is 0 Å². The molecule has 21 heavy (non-hydrogen) atoms. The van der Waals surface area contributed by atoms with Gasteiger partial charge in [0.25, 0.3) is 5.09 Å². The summed E-state index contributed by atoms with van der Waals surface area (Å²) in [5.74, 6) is -0.274. The number of hydrogen-bond acceptors (Lipinski definition) is 5. The van der Waals surface area contributed by atoms with Crippen LogP contribution in [-0.2, 0) is 27.6 Å². The predicted octanol–water partition coefficient (Wildman–Crippen LogP) is 3.18. The van der Waals surface area contributed by atoms with Crippen LogP contribution in [0.4, 0.5) is 0 Å². The summed E-state index contributed by atoms with van der Waals surface area (Å²) < 4.78 is 5.17. The van der Waals surface area contributed by atoms with Crippen LogP contribution in [0, 0.1) is 10.1 Å². The van der Waals surface area contributed by atoms with Crippen molar-refractivity contribution in [2.45, 2.75) is 39.4 Å². The van der Waals surface area contributed by atoms with Gasteiger partial charge in [-0.25, -0.2) is 0 Å². The molecule has 0 radical (unpaired) electrons. The highest BCUT2D eigenvalue weighted by Crippen LogP contribution is 2.12. The molecule has 0 amide bonds. The lowest BCUT2D eigenvalue weighted by Crippen LogP contribution is -2.07. The van der Waals surface area contributed by atoms with Crippen LogP contribution in [0.15, 0.2) is 36.4 Å². The van der Waals surface area contributed by atoms with E-state index in [4.69, 9.17) is 4.74 Å². The van der Waals surface area contributed by atoms with Gasteiger partial charge < -0.3 is 9.57 Å². The van der Waals surface area contributed by atoms with E-state index in [1.807, 2.05) is 19.1 Å². The van der Waals surface area contributed by atoms with Gasteiger partial charge in [-0.2, -0.15) is 0 Å². The fourth-order valence-electron chi connectivity index (χ4n) is 1.72. The number of unbranched alkanes of at least 4 members (excludes halogenated alkanes) is 1. The van der Waals surface area contributed by atoms with Crippen LogP contribution in [0.1, 0.15) is 37.3 Å². The van der Waals surface area contributed by atoms with Crippen molar-refractivity contribution in [3.63, 3.8) is 0 Å². The van der Waals surface area contributed by atoms with E-state index in [1.54, 1.807) is 24.3 Å². The molecule has 0 aliphatic heterocycles. The lowest BCUT2D eigenvalue weighted by Gasteiger charge is -2.09. The number of ether oxygens (including phenoxy) is 1. The molecule has 0 aliphatic rings. The van der Waals surface area contributed by atoms with Crippen LogP contribution in [0.3, 0.4) is 0 Å². The maximum Gasteiger partial charge on any atom is 0.306 e. The van der Waals surface area contributed by atoms with Crippen LogP contribution >= 0.6 is 0 Å². The second-order valence-electron chi connectivity index (χ2n) is 4.39. The van der Waals surface area contributed by atoms with Gasteiger partial charge in [0.2, 0.25) is 0 Å². The molecule has 6 heteroatoms. The van der Waals surface area contributed by atoms with Crippen molar-refractivity contribution in [1.29, 1.82) is 0 Å². The number of benzene rings is 1. The summed E-state index contributed by atoms with van der Waals surface area (Å²) in [5.41, 5.74) is 1.34. The van der Waals surface area contributed by atoms with E-state index in [0.717, 1.165) is 12.8 Å². The van der Waals surface area contributed by atoms with Crippen molar-refractivity contribution in [2.75, 3.05) is 0 Å². The van der Waals surface area contributed by atoms with Crippen molar-refractivity contribution >= 4 is 5.97 Å². The number of allylic oxidation sites excluding steroid dienone is 2. The molecular formula is C15H19NO5. The minimum Gasteiger partial charge on any atom is -0.461 e. The summed E-state index contributed by atoms with van der Waals surface area (Å²) in [4.78, 5) is 26.1. The quantitative estimate of drug-likeness (QED) is 0.230. The second kappa shape index (κ2) is 9.52. The molecule has 114 valence electrons. The molecule has 0 aliphatic carbocycles. The zero-order valence-corrected chi connectivity index (χ0v) is 12.0. The molecule has 0 heterocycles. The Bertz CT molecular complexity index is 499. The molecule has 0 N–H and O–H groups in total. The fraction of sp³-hybridized carbons (Fsp3) is 0.400. The van der Waals surface area contributed by atoms with E-state index >= 15 is 0 Å². The topological polar surface area (TPSA) is 78.7 Å². The molecule has 0 atom stereocenters. The molecule has 0 saturated heterocycles. The molecule has 1 rings (SSSR count). The Morgan fingerprint density at radius 3 is 2.57 bits per heavy atom. The van der Waals surface area contributed by atoms with Crippen LogP contribution in [0.5, 0.6) is 0 Å². The summed E-state index contributed by atoms with van der Waals surface area (Å²) >= 11 is 0. The molecule has 0 spiro atoms. The first-order valence-corrected chi connectivity index (χ1v) is 6.74. The third-order valence-electron chi connectivity index (χ3n) is 2.82. The van der Waals surface area contributed by atoms with Crippen molar-refractivity contribution in [3.8, 4) is 0 Å². The van der Waals surface area contributed by atoms with E-state index < -0.39 is 5.09 Å². The number of rotatable bonds is 9. The Morgan fingerprint density at radius 2 is 1.95 bits per heavy atom. The van der Waals surface area contributed by atoms with Gasteiger partial charge in [-0.1, -0.05) is 36.4 Å². The number of nitrogens with zero attached hydrogens (tertiary/aromatic N) is 1. The van der Waals surface area contributed by atoms with Crippen molar-refractivity contribution in [3.05, 3.63) is 57.7 Å². The molecule has 0 fully saturated rings. The highest BCUT2D eigenvalue weighted by Gasteiger charge is 2.07. The third kappa shape index (κ3) is 7.10. The predicted molar refractivity (Wildman–Crippen MR) is 76.7 cm³/mol. The minimum atomic E-state index is -0.843. The minimum absolute atomic E-state index is 0.0969. The normalized spacial score (nSPS) is 10.5. The lowest BCUT2D eigenvalue weighted by atomic mass is 10.1. The SMILES string of the molecule is C/C=C\CCCC(=O)OCc1ccccc1CO[N+](=O)[O-]. The van der Waals surface area contributed by atoms with Gasteiger partial charge in [-0.3, -0.25) is 4.79 Å². The highest BCUT2D eigenvalue weighted by molar-refractivity contribution is 5.69. The summed E-state index contributed by atoms with van der Waals surface area (Å²) in [6, 6.07) is 7.00. The van der Waals surface area contributed by atoms with E-state index in [9.17, 15) is 14.9 Å². The Kier molecular flexibility index (Phi) is 7.56. The Hall–Kier alpha value is -2.37. The van der Waals surface area contributed by atoms with Crippen molar-refractivity contribution in [2.24, 2.45) is 0 Å². The summed E-state index contributed by atoms with van der Waals surface area (Å²) in [6.45, 7) is 1.88. The van der Waals surface area contributed by atoms with Gasteiger partial charge in [0.1, 0.15) is 13.2 Å². The molecule has 1 aromatic rings. The molecule has 1 aromatic carbocycles. The Morgan fingerprint density at radius 1 is 1.29 bits per heavy atom. The Balaban J connectivity index is 2.43. The third-order valence-corrected chi connectivity index (χ3v) is 2.82. The van der Waals surface area contributed by atoms with Gasteiger partial charge in [0, 0.05) is 6.42 Å². The maximum absolute atomic E-state index is 11.6. The summed E-state index contributed by atoms with van der Waals surface area (Å²) in [6.07, 6.45) is 5.89. The molecule has 0 saturated carbocycles. The van der Waals surface area contributed by atoms with Gasteiger partial charge in [-0.05, 0) is 30.9 Å². The molecule has 0 bridgehead atoms. The number of esters is 1. The summed E-state index contributed by atoms with van der Waals surface area (Å²) in [5, 5.41) is 9.37. The van der Waals surface area contributed by atoms with Gasteiger partial charge >= 0.3 is 5.97 Å². The lowest BCUT2D eigenvalue weighted by molar-refractivity contribution is -0.763. The number of carbonyl (C=O) groups is 1. The fourth-order valence-corrected chi connectivity index (χ4v) is 1.72. The van der Waals surface area contributed by atoms with Crippen LogP contribution in [-0.4, -0.2) is 11.1 Å². The van der Waals surface area contributed by atoms with Gasteiger partial charge in [-0.15, -0.1) is 10.1 Å². The van der Waals surface area contributed by atoms with Gasteiger partial charge in [0.15, 0.2) is 0 Å². The molecule has 0 unspecified atom stereocenters. The van der Waals surface area contributed by atoms with E-state index in [-0.39, 0.29) is 19.2 Å². The Labute approximate surface area is 123 Å². The molecular weight excluding hydrogens is 274 g/mol. The highest BCUT2D eigenvalue weighted by atomic mass is 16.9. The number of hydrogen-bond donors (Lipinski definition) is 0. The number of carbonyl (C=O) groups excluding carboxylic acids is 1. The average Bonchev–Trinajstić information content (AvgIpc) is 2.48. The maximum atomic E-state index is 11.6. The first-order valence-electron chi connectivity index (χ1n) is 6.74. The second-order valence-corrected chi connectivity index (χ2v) is 4.39. The van der Waals surface area contributed by atoms with E-state index in [2.05, 4.69) is 4.84 Å². The standard InChI is InChI=1S/C15H19NO5/c1-2-3-4-5-10-15(17)20-11-13-8-6-7-9-14(13)12-21-16(18)19/h2-3,6-9H,4-5,10-12H2,1H3/b3-2-. The first kappa shape index (κ1) is 16.7. The summed E-state index contributed by atoms with van der Waals surface area (Å²) in [7, 11) is 0. The average molecular weight is 293 g/mol. The van der Waals surface area contributed by atoms with E-state index in [0.29, 0.717) is 17.5 Å². The van der Waals surface area contributed by atoms with Crippen molar-refractivity contribution in [1.82, 2.24) is 0 Å². The monoisotopic (exact) mass is 293 g/mol. The van der Waals surface area contributed by atoms with Crippen LogP contribution in [0.2, 0.25) is 0 Å². The van der Waals surface area contributed by atoms with E-state index in [1.165, 1.54) is 0 Å². The van der Waals surface area contributed by atoms with Crippen LogP contribution < -0.4 is 0 Å². The van der Waals surface area contributed by atoms with Crippen LogP contribution in [0.25, 0.3) is 0 Å². The largest absolute Gasteiger partial charge is 0.461 e. The zero-order valence-electron chi connectivity index (χ0n) is 12.0.